The molecule has 104 valence electrons. The van der Waals surface area contributed by atoms with Crippen molar-refractivity contribution >= 4 is 5.91 Å². The summed E-state index contributed by atoms with van der Waals surface area (Å²) in [6.45, 7) is 4.60. The van der Waals surface area contributed by atoms with Gasteiger partial charge in [0.15, 0.2) is 0 Å². The molecule has 1 aromatic rings. The zero-order valence-corrected chi connectivity index (χ0v) is 11.8. The molecule has 0 aliphatic carbocycles. The van der Waals surface area contributed by atoms with Crippen LogP contribution in [0, 0.1) is 11.8 Å². The minimum atomic E-state index is 0.101. The van der Waals surface area contributed by atoms with Crippen LogP contribution in [0.15, 0.2) is 24.3 Å². The molecule has 1 fully saturated rings. The molecule has 0 aromatic heterocycles. The van der Waals surface area contributed by atoms with Gasteiger partial charge < -0.3 is 15.0 Å². The first kappa shape index (κ1) is 13.9. The maximum atomic E-state index is 12.3. The van der Waals surface area contributed by atoms with E-state index in [0.717, 1.165) is 24.4 Å². The summed E-state index contributed by atoms with van der Waals surface area (Å²) in [4.78, 5) is 14.1. The van der Waals surface area contributed by atoms with E-state index in [0.29, 0.717) is 12.5 Å². The molecule has 1 amide bonds. The Morgan fingerprint density at radius 1 is 1.42 bits per heavy atom. The number of carbonyl (C=O) groups is 1. The highest BCUT2D eigenvalue weighted by Gasteiger charge is 2.30. The van der Waals surface area contributed by atoms with Crippen molar-refractivity contribution in [2.45, 2.75) is 13.5 Å². The van der Waals surface area contributed by atoms with Crippen LogP contribution in [-0.4, -0.2) is 38.1 Å². The van der Waals surface area contributed by atoms with Gasteiger partial charge in [-0.1, -0.05) is 19.1 Å². The Morgan fingerprint density at radius 3 is 2.53 bits per heavy atom. The minimum absolute atomic E-state index is 0.101. The maximum absolute atomic E-state index is 12.3. The topological polar surface area (TPSA) is 41.6 Å². The van der Waals surface area contributed by atoms with Crippen molar-refractivity contribution in [3.05, 3.63) is 29.8 Å². The summed E-state index contributed by atoms with van der Waals surface area (Å²) in [6, 6.07) is 7.84. The highest BCUT2D eigenvalue weighted by atomic mass is 16.5. The molecule has 1 aliphatic rings. The fourth-order valence-electron chi connectivity index (χ4n) is 2.30. The molecule has 1 unspecified atom stereocenters. The molecule has 4 heteroatoms. The zero-order chi connectivity index (χ0) is 13.8. The minimum Gasteiger partial charge on any atom is -0.497 e. The summed E-state index contributed by atoms with van der Waals surface area (Å²) in [6.07, 6.45) is 0. The van der Waals surface area contributed by atoms with Crippen LogP contribution in [-0.2, 0) is 11.3 Å². The molecule has 0 saturated carbocycles. The van der Waals surface area contributed by atoms with Gasteiger partial charge in [-0.2, -0.15) is 0 Å². The van der Waals surface area contributed by atoms with Crippen molar-refractivity contribution in [3.8, 4) is 5.75 Å². The lowest BCUT2D eigenvalue weighted by atomic mass is 9.88. The van der Waals surface area contributed by atoms with Crippen molar-refractivity contribution in [2.75, 3.05) is 27.2 Å². The van der Waals surface area contributed by atoms with E-state index in [1.54, 1.807) is 7.11 Å². The number of rotatable bonds is 5. The molecule has 19 heavy (non-hydrogen) atoms. The lowest BCUT2D eigenvalue weighted by Gasteiger charge is -2.34. The Morgan fingerprint density at radius 2 is 2.05 bits per heavy atom. The van der Waals surface area contributed by atoms with Gasteiger partial charge in [-0.3, -0.25) is 4.79 Å². The lowest BCUT2D eigenvalue weighted by Crippen LogP contribution is -2.49. The first-order chi connectivity index (χ1) is 9.11. The third-order valence-electron chi connectivity index (χ3n) is 3.86. The van der Waals surface area contributed by atoms with E-state index in [-0.39, 0.29) is 11.8 Å². The summed E-state index contributed by atoms with van der Waals surface area (Å²) >= 11 is 0. The van der Waals surface area contributed by atoms with Gasteiger partial charge in [-0.05, 0) is 36.7 Å². The fraction of sp³-hybridized carbons (Fsp3) is 0.533. The fourth-order valence-corrected chi connectivity index (χ4v) is 2.30. The van der Waals surface area contributed by atoms with E-state index in [1.807, 2.05) is 43.1 Å². The summed E-state index contributed by atoms with van der Waals surface area (Å²) in [5.41, 5.74) is 1.12. The van der Waals surface area contributed by atoms with Gasteiger partial charge in [-0.25, -0.2) is 0 Å². The van der Waals surface area contributed by atoms with Crippen LogP contribution in [0.1, 0.15) is 12.5 Å². The van der Waals surface area contributed by atoms with Gasteiger partial charge in [0.2, 0.25) is 5.91 Å². The van der Waals surface area contributed by atoms with Crippen LogP contribution in [0.5, 0.6) is 5.75 Å². The first-order valence-corrected chi connectivity index (χ1v) is 6.70. The predicted molar refractivity (Wildman–Crippen MR) is 75.0 cm³/mol. The number of hydrogen-bond donors (Lipinski definition) is 1. The van der Waals surface area contributed by atoms with E-state index in [9.17, 15) is 4.79 Å². The lowest BCUT2D eigenvalue weighted by molar-refractivity contribution is -0.136. The zero-order valence-electron chi connectivity index (χ0n) is 11.8. The Bertz CT molecular complexity index is 426. The molecular weight excluding hydrogens is 240 g/mol. The van der Waals surface area contributed by atoms with Crippen LogP contribution in [0.4, 0.5) is 0 Å². The van der Waals surface area contributed by atoms with Gasteiger partial charge in [0.1, 0.15) is 5.75 Å². The predicted octanol–water partition coefficient (Wildman–Crippen LogP) is 1.51. The second-order valence-electron chi connectivity index (χ2n) is 5.25. The van der Waals surface area contributed by atoms with Crippen LogP contribution in [0.25, 0.3) is 0 Å². The van der Waals surface area contributed by atoms with Crippen molar-refractivity contribution in [3.63, 3.8) is 0 Å². The Hall–Kier alpha value is -1.55. The molecule has 0 bridgehead atoms. The quantitative estimate of drug-likeness (QED) is 0.874. The van der Waals surface area contributed by atoms with Gasteiger partial charge >= 0.3 is 0 Å². The molecule has 0 radical (unpaired) electrons. The van der Waals surface area contributed by atoms with Crippen LogP contribution in [0.3, 0.4) is 0 Å². The summed E-state index contributed by atoms with van der Waals surface area (Å²) in [5, 5.41) is 3.21. The maximum Gasteiger partial charge on any atom is 0.225 e. The first-order valence-electron chi connectivity index (χ1n) is 6.70. The molecule has 1 atom stereocenters. The van der Waals surface area contributed by atoms with Crippen molar-refractivity contribution < 1.29 is 9.53 Å². The monoisotopic (exact) mass is 262 g/mol. The molecule has 4 nitrogen and oxygen atoms in total. The van der Waals surface area contributed by atoms with E-state index in [2.05, 4.69) is 5.32 Å². The second-order valence-corrected chi connectivity index (χ2v) is 5.25. The van der Waals surface area contributed by atoms with Crippen LogP contribution >= 0.6 is 0 Å². The van der Waals surface area contributed by atoms with Crippen molar-refractivity contribution in [1.29, 1.82) is 0 Å². The van der Waals surface area contributed by atoms with Crippen molar-refractivity contribution in [1.82, 2.24) is 10.2 Å². The Balaban J connectivity index is 1.91. The molecule has 1 saturated heterocycles. The smallest absolute Gasteiger partial charge is 0.225 e. The number of nitrogens with zero attached hydrogens (tertiary/aromatic N) is 1. The molecule has 0 spiro atoms. The SMILES string of the molecule is COc1ccc(CN(C)C(=O)C(C)C2CNC2)cc1. The largest absolute Gasteiger partial charge is 0.497 e. The van der Waals surface area contributed by atoms with Gasteiger partial charge in [-0.15, -0.1) is 0 Å². The Labute approximate surface area is 114 Å². The average Bonchev–Trinajstić information content (AvgIpc) is 2.36. The third-order valence-corrected chi connectivity index (χ3v) is 3.86. The molecule has 1 aliphatic heterocycles. The molecule has 1 aromatic carbocycles. The average molecular weight is 262 g/mol. The summed E-state index contributed by atoms with van der Waals surface area (Å²) in [7, 11) is 3.52. The number of ether oxygens (including phenoxy) is 1. The van der Waals surface area contributed by atoms with E-state index in [1.165, 1.54) is 0 Å². The molecule has 1 heterocycles. The number of nitrogens with one attached hydrogen (secondary N) is 1. The van der Waals surface area contributed by atoms with Crippen LogP contribution < -0.4 is 10.1 Å². The number of hydrogen-bond acceptors (Lipinski definition) is 3. The standard InChI is InChI=1S/C15H22N2O2/c1-11(13-8-16-9-13)15(18)17(2)10-12-4-6-14(19-3)7-5-12/h4-7,11,13,16H,8-10H2,1-3H3. The van der Waals surface area contributed by atoms with Gasteiger partial charge in [0, 0.05) is 19.5 Å². The molecule has 1 N–H and O–H groups in total. The van der Waals surface area contributed by atoms with E-state index < -0.39 is 0 Å². The van der Waals surface area contributed by atoms with Crippen molar-refractivity contribution in [2.24, 2.45) is 11.8 Å². The highest BCUT2D eigenvalue weighted by Crippen LogP contribution is 2.19. The highest BCUT2D eigenvalue weighted by molar-refractivity contribution is 5.78. The van der Waals surface area contributed by atoms with Gasteiger partial charge in [0.05, 0.1) is 7.11 Å². The van der Waals surface area contributed by atoms with Crippen LogP contribution in [0.2, 0.25) is 0 Å². The number of methoxy groups -OCH3 is 1. The van der Waals surface area contributed by atoms with Gasteiger partial charge in [0.25, 0.3) is 0 Å². The number of carbonyl (C=O) groups excluding carboxylic acids is 1. The number of benzene rings is 1. The Kier molecular flexibility index (Phi) is 4.43. The number of amides is 1. The summed E-state index contributed by atoms with van der Waals surface area (Å²) < 4.78 is 5.13. The summed E-state index contributed by atoms with van der Waals surface area (Å²) in [5.74, 6) is 1.66. The van der Waals surface area contributed by atoms with E-state index >= 15 is 0 Å². The third kappa shape index (κ3) is 3.26. The molecule has 2 rings (SSSR count). The second kappa shape index (κ2) is 6.06. The normalized spacial score (nSPS) is 16.6. The van der Waals surface area contributed by atoms with E-state index in [4.69, 9.17) is 4.74 Å². The molecular formula is C15H22N2O2.